The molecule has 112 valence electrons. The molecule has 1 aliphatic rings. The summed E-state index contributed by atoms with van der Waals surface area (Å²) in [6.07, 6.45) is 6.49. The van der Waals surface area contributed by atoms with Crippen LogP contribution in [0.4, 0.5) is 0 Å². The number of likely N-dealkylation sites (tertiary alicyclic amines) is 1. The standard InChI is InChI=1S/C18H24N2O/c1-13-10-14(2)18-16(6-9-20(18)12-21)17(13)11-15-4-7-19(3)8-5-15/h6,9-10,12,15H,4-5,7-8,11H2,1-3H3. The molecule has 1 aromatic heterocycles. The predicted molar refractivity (Wildman–Crippen MR) is 87.5 cm³/mol. The Morgan fingerprint density at radius 3 is 2.62 bits per heavy atom. The first-order chi connectivity index (χ1) is 10.1. The third-order valence-corrected chi connectivity index (χ3v) is 4.97. The number of hydrogen-bond donors (Lipinski definition) is 0. The van der Waals surface area contributed by atoms with Gasteiger partial charge in [-0.1, -0.05) is 6.07 Å². The van der Waals surface area contributed by atoms with Crippen molar-refractivity contribution < 1.29 is 4.79 Å². The van der Waals surface area contributed by atoms with Crippen LogP contribution in [-0.2, 0) is 11.2 Å². The number of fused-ring (bicyclic) bond motifs is 1. The molecule has 0 radical (unpaired) electrons. The fourth-order valence-electron chi connectivity index (χ4n) is 3.71. The van der Waals surface area contributed by atoms with Crippen molar-refractivity contribution in [1.29, 1.82) is 0 Å². The Bertz CT molecular complexity index is 663. The number of aryl methyl sites for hydroxylation is 2. The number of benzene rings is 1. The van der Waals surface area contributed by atoms with Gasteiger partial charge in [0.15, 0.2) is 0 Å². The molecule has 0 spiro atoms. The van der Waals surface area contributed by atoms with E-state index in [1.54, 1.807) is 4.57 Å². The Hall–Kier alpha value is -1.61. The molecule has 0 N–H and O–H groups in total. The van der Waals surface area contributed by atoms with E-state index in [1.165, 1.54) is 48.0 Å². The van der Waals surface area contributed by atoms with E-state index in [4.69, 9.17) is 0 Å². The van der Waals surface area contributed by atoms with Gasteiger partial charge in [-0.05, 0) is 81.9 Å². The minimum atomic E-state index is 0.769. The molecule has 3 nitrogen and oxygen atoms in total. The first-order valence-corrected chi connectivity index (χ1v) is 7.83. The minimum Gasteiger partial charge on any atom is -0.306 e. The molecule has 0 bridgehead atoms. The second-order valence-corrected chi connectivity index (χ2v) is 6.53. The van der Waals surface area contributed by atoms with Crippen molar-refractivity contribution in [2.45, 2.75) is 33.1 Å². The van der Waals surface area contributed by atoms with Crippen LogP contribution in [0.25, 0.3) is 10.9 Å². The lowest BCUT2D eigenvalue weighted by atomic mass is 9.86. The molecule has 2 aromatic rings. The fourth-order valence-corrected chi connectivity index (χ4v) is 3.71. The summed E-state index contributed by atoms with van der Waals surface area (Å²) in [4.78, 5) is 13.6. The Labute approximate surface area is 126 Å². The summed E-state index contributed by atoms with van der Waals surface area (Å²) in [5.41, 5.74) is 5.07. The molecule has 3 rings (SSSR count). The molecule has 0 aliphatic carbocycles. The van der Waals surface area contributed by atoms with Gasteiger partial charge in [0, 0.05) is 11.6 Å². The van der Waals surface area contributed by atoms with Crippen LogP contribution in [0, 0.1) is 19.8 Å². The highest BCUT2D eigenvalue weighted by Gasteiger charge is 2.20. The molecule has 0 unspecified atom stereocenters. The van der Waals surface area contributed by atoms with Gasteiger partial charge >= 0.3 is 0 Å². The van der Waals surface area contributed by atoms with Gasteiger partial charge in [0.2, 0.25) is 6.41 Å². The summed E-state index contributed by atoms with van der Waals surface area (Å²) in [5.74, 6) is 0.769. The van der Waals surface area contributed by atoms with Crippen molar-refractivity contribution in [2.24, 2.45) is 5.92 Å². The van der Waals surface area contributed by atoms with Crippen LogP contribution < -0.4 is 0 Å². The number of nitrogens with zero attached hydrogens (tertiary/aromatic N) is 2. The van der Waals surface area contributed by atoms with Crippen molar-refractivity contribution in [1.82, 2.24) is 9.47 Å². The summed E-state index contributed by atoms with van der Waals surface area (Å²) >= 11 is 0. The summed E-state index contributed by atoms with van der Waals surface area (Å²) in [6, 6.07) is 4.33. The minimum absolute atomic E-state index is 0.769. The van der Waals surface area contributed by atoms with Crippen LogP contribution in [0.2, 0.25) is 0 Å². The molecule has 1 aliphatic heterocycles. The van der Waals surface area contributed by atoms with Crippen LogP contribution in [0.15, 0.2) is 18.3 Å². The van der Waals surface area contributed by atoms with Crippen LogP contribution in [0.5, 0.6) is 0 Å². The van der Waals surface area contributed by atoms with E-state index in [0.717, 1.165) is 24.3 Å². The normalized spacial score (nSPS) is 17.5. The molecule has 21 heavy (non-hydrogen) atoms. The molecule has 1 fully saturated rings. The van der Waals surface area contributed by atoms with Crippen LogP contribution in [0.3, 0.4) is 0 Å². The van der Waals surface area contributed by atoms with Gasteiger partial charge in [-0.15, -0.1) is 0 Å². The summed E-state index contributed by atoms with van der Waals surface area (Å²) < 4.78 is 1.71. The van der Waals surface area contributed by atoms with Gasteiger partial charge in [-0.3, -0.25) is 9.36 Å². The first kappa shape index (κ1) is 14.3. The van der Waals surface area contributed by atoms with E-state index in [1.807, 2.05) is 6.20 Å². The van der Waals surface area contributed by atoms with Crippen molar-refractivity contribution in [3.8, 4) is 0 Å². The third kappa shape index (κ3) is 2.62. The topological polar surface area (TPSA) is 25.2 Å². The lowest BCUT2D eigenvalue weighted by Gasteiger charge is -2.29. The maximum absolute atomic E-state index is 11.2. The Kier molecular flexibility index (Phi) is 3.85. The highest BCUT2D eigenvalue weighted by Crippen LogP contribution is 2.30. The smallest absolute Gasteiger partial charge is 0.218 e. The first-order valence-electron chi connectivity index (χ1n) is 7.83. The number of carbonyl (C=O) groups excluding carboxylic acids is 1. The average Bonchev–Trinajstić information content (AvgIpc) is 2.89. The maximum atomic E-state index is 11.2. The van der Waals surface area contributed by atoms with Crippen molar-refractivity contribution in [3.05, 3.63) is 35.0 Å². The van der Waals surface area contributed by atoms with Crippen molar-refractivity contribution in [3.63, 3.8) is 0 Å². The SMILES string of the molecule is Cc1cc(C)c2c(ccn2C=O)c1CC1CCN(C)CC1. The number of carbonyl (C=O) groups is 1. The fraction of sp³-hybridized carbons (Fsp3) is 0.500. The van der Waals surface area contributed by atoms with E-state index in [-0.39, 0.29) is 0 Å². The third-order valence-electron chi connectivity index (χ3n) is 4.97. The Morgan fingerprint density at radius 2 is 1.95 bits per heavy atom. The van der Waals surface area contributed by atoms with E-state index >= 15 is 0 Å². The van der Waals surface area contributed by atoms with Crippen LogP contribution in [0.1, 0.15) is 29.5 Å². The van der Waals surface area contributed by atoms with E-state index in [2.05, 4.69) is 37.9 Å². The van der Waals surface area contributed by atoms with Gasteiger partial charge < -0.3 is 4.90 Å². The zero-order valence-corrected chi connectivity index (χ0v) is 13.2. The lowest BCUT2D eigenvalue weighted by molar-refractivity contribution is 0.219. The monoisotopic (exact) mass is 284 g/mol. The zero-order chi connectivity index (χ0) is 15.0. The number of piperidine rings is 1. The molecule has 1 aromatic carbocycles. The lowest BCUT2D eigenvalue weighted by Crippen LogP contribution is -2.31. The van der Waals surface area contributed by atoms with E-state index < -0.39 is 0 Å². The van der Waals surface area contributed by atoms with E-state index in [9.17, 15) is 4.79 Å². The van der Waals surface area contributed by atoms with E-state index in [0.29, 0.717) is 0 Å². The number of hydrogen-bond acceptors (Lipinski definition) is 2. The molecule has 3 heteroatoms. The quantitative estimate of drug-likeness (QED) is 0.809. The largest absolute Gasteiger partial charge is 0.306 e. The molecule has 1 saturated heterocycles. The van der Waals surface area contributed by atoms with Crippen molar-refractivity contribution >= 4 is 17.3 Å². The molecular weight excluding hydrogens is 260 g/mol. The Balaban J connectivity index is 1.98. The summed E-state index contributed by atoms with van der Waals surface area (Å²) in [5, 5.41) is 1.26. The maximum Gasteiger partial charge on any atom is 0.218 e. The highest BCUT2D eigenvalue weighted by molar-refractivity contribution is 5.91. The second-order valence-electron chi connectivity index (χ2n) is 6.53. The molecule has 2 heterocycles. The van der Waals surface area contributed by atoms with Crippen LogP contribution in [-0.4, -0.2) is 36.0 Å². The summed E-state index contributed by atoms with van der Waals surface area (Å²) in [7, 11) is 2.20. The van der Waals surface area contributed by atoms with Crippen LogP contribution >= 0.6 is 0 Å². The highest BCUT2D eigenvalue weighted by atomic mass is 16.1. The van der Waals surface area contributed by atoms with Gasteiger partial charge in [-0.25, -0.2) is 0 Å². The molecule has 0 saturated carbocycles. The molecule has 0 amide bonds. The average molecular weight is 284 g/mol. The Morgan fingerprint density at radius 1 is 1.24 bits per heavy atom. The zero-order valence-electron chi connectivity index (χ0n) is 13.2. The molecular formula is C18H24N2O. The predicted octanol–water partition coefficient (Wildman–Crippen LogP) is 3.18. The number of aromatic nitrogens is 1. The second kappa shape index (κ2) is 5.64. The number of rotatable bonds is 3. The van der Waals surface area contributed by atoms with Gasteiger partial charge in [0.25, 0.3) is 0 Å². The van der Waals surface area contributed by atoms with Gasteiger partial charge in [0.1, 0.15) is 0 Å². The molecule has 0 atom stereocenters. The van der Waals surface area contributed by atoms with Gasteiger partial charge in [-0.2, -0.15) is 0 Å². The van der Waals surface area contributed by atoms with Gasteiger partial charge in [0.05, 0.1) is 5.52 Å². The summed E-state index contributed by atoms with van der Waals surface area (Å²) in [6.45, 7) is 6.70. The van der Waals surface area contributed by atoms with Crippen molar-refractivity contribution in [2.75, 3.05) is 20.1 Å².